The molecule has 0 aliphatic rings. The molecule has 7 heteroatoms. The molecular weight excluding hydrogens is 364 g/mol. The average Bonchev–Trinajstić information content (AvgIpc) is 2.60. The third-order valence-electron chi connectivity index (χ3n) is 3.33. The van der Waals surface area contributed by atoms with E-state index in [9.17, 15) is 9.18 Å². The molecule has 4 nitrogen and oxygen atoms in total. The molecule has 25 heavy (non-hydrogen) atoms. The lowest BCUT2D eigenvalue weighted by molar-refractivity contribution is 0.102. The van der Waals surface area contributed by atoms with Gasteiger partial charge in [-0.1, -0.05) is 35.3 Å². The van der Waals surface area contributed by atoms with E-state index in [1.807, 2.05) is 0 Å². The highest BCUT2D eigenvalue weighted by molar-refractivity contribution is 6.42. The highest BCUT2D eigenvalue weighted by Gasteiger charge is 2.11. The standard InChI is InChI=1S/C18H12Cl2FN3O/c19-14-7-5-11(9-15(14)20)23-17-8-6-12(10-22-17)24-18(25)13-3-1-2-4-16(13)21/h1-10H,(H,22,23)(H,24,25). The molecule has 2 N–H and O–H groups in total. The van der Waals surface area contributed by atoms with E-state index in [2.05, 4.69) is 15.6 Å². The molecule has 0 saturated carbocycles. The Kier molecular flexibility index (Phi) is 5.16. The van der Waals surface area contributed by atoms with E-state index in [0.29, 0.717) is 21.6 Å². The molecule has 1 aromatic heterocycles. The lowest BCUT2D eigenvalue weighted by Gasteiger charge is -2.09. The number of hydrogen-bond donors (Lipinski definition) is 2. The summed E-state index contributed by atoms with van der Waals surface area (Å²) in [5.41, 5.74) is 1.15. The first-order chi connectivity index (χ1) is 12.0. The van der Waals surface area contributed by atoms with Gasteiger partial charge in [-0.2, -0.15) is 0 Å². The maximum atomic E-state index is 13.6. The van der Waals surface area contributed by atoms with Crippen LogP contribution in [0, 0.1) is 5.82 Å². The zero-order chi connectivity index (χ0) is 17.8. The van der Waals surface area contributed by atoms with Gasteiger partial charge in [-0.25, -0.2) is 9.37 Å². The molecule has 0 aliphatic carbocycles. The normalized spacial score (nSPS) is 10.4. The first kappa shape index (κ1) is 17.2. The van der Waals surface area contributed by atoms with Crippen LogP contribution in [0.1, 0.15) is 10.4 Å². The van der Waals surface area contributed by atoms with Crippen molar-refractivity contribution in [1.82, 2.24) is 4.98 Å². The van der Waals surface area contributed by atoms with Crippen LogP contribution in [-0.4, -0.2) is 10.9 Å². The third kappa shape index (κ3) is 4.26. The predicted octanol–water partition coefficient (Wildman–Crippen LogP) is 5.52. The Morgan fingerprint density at radius 3 is 2.40 bits per heavy atom. The minimum atomic E-state index is -0.578. The van der Waals surface area contributed by atoms with Crippen molar-refractivity contribution < 1.29 is 9.18 Å². The summed E-state index contributed by atoms with van der Waals surface area (Å²) in [7, 11) is 0. The Bertz CT molecular complexity index is 916. The minimum Gasteiger partial charge on any atom is -0.340 e. The van der Waals surface area contributed by atoms with Gasteiger partial charge in [-0.3, -0.25) is 4.79 Å². The fourth-order valence-electron chi connectivity index (χ4n) is 2.11. The topological polar surface area (TPSA) is 54.0 Å². The van der Waals surface area contributed by atoms with Crippen LogP contribution in [-0.2, 0) is 0 Å². The molecule has 3 aromatic rings. The summed E-state index contributed by atoms with van der Waals surface area (Å²) < 4.78 is 13.6. The van der Waals surface area contributed by atoms with Crippen LogP contribution in [0.5, 0.6) is 0 Å². The van der Waals surface area contributed by atoms with Crippen LogP contribution in [0.4, 0.5) is 21.6 Å². The summed E-state index contributed by atoms with van der Waals surface area (Å²) >= 11 is 11.8. The number of nitrogens with one attached hydrogen (secondary N) is 2. The number of carbonyl (C=O) groups excluding carboxylic acids is 1. The number of rotatable bonds is 4. The van der Waals surface area contributed by atoms with Crippen LogP contribution < -0.4 is 10.6 Å². The van der Waals surface area contributed by atoms with Crippen LogP contribution in [0.3, 0.4) is 0 Å². The Balaban J connectivity index is 1.69. The van der Waals surface area contributed by atoms with Crippen molar-refractivity contribution in [3.05, 3.63) is 82.2 Å². The van der Waals surface area contributed by atoms with Gasteiger partial charge in [0.1, 0.15) is 11.6 Å². The summed E-state index contributed by atoms with van der Waals surface area (Å²) in [6.45, 7) is 0. The number of carbonyl (C=O) groups is 1. The van der Waals surface area contributed by atoms with Gasteiger partial charge in [-0.05, 0) is 42.5 Å². The van der Waals surface area contributed by atoms with Crippen LogP contribution in [0.15, 0.2) is 60.8 Å². The largest absolute Gasteiger partial charge is 0.340 e. The van der Waals surface area contributed by atoms with E-state index >= 15 is 0 Å². The van der Waals surface area contributed by atoms with Crippen molar-refractivity contribution in [1.29, 1.82) is 0 Å². The van der Waals surface area contributed by atoms with Gasteiger partial charge in [-0.15, -0.1) is 0 Å². The van der Waals surface area contributed by atoms with E-state index < -0.39 is 11.7 Å². The van der Waals surface area contributed by atoms with Gasteiger partial charge >= 0.3 is 0 Å². The Morgan fingerprint density at radius 2 is 1.72 bits per heavy atom. The quantitative estimate of drug-likeness (QED) is 0.630. The molecule has 2 aromatic carbocycles. The number of pyridine rings is 1. The first-order valence-corrected chi connectivity index (χ1v) is 8.02. The zero-order valence-corrected chi connectivity index (χ0v) is 14.3. The first-order valence-electron chi connectivity index (χ1n) is 7.27. The number of anilines is 3. The maximum Gasteiger partial charge on any atom is 0.258 e. The van der Waals surface area contributed by atoms with Crippen molar-refractivity contribution in [3.63, 3.8) is 0 Å². The summed E-state index contributed by atoms with van der Waals surface area (Å²) in [4.78, 5) is 16.3. The fraction of sp³-hybridized carbons (Fsp3) is 0. The van der Waals surface area contributed by atoms with Gasteiger partial charge < -0.3 is 10.6 Å². The maximum absolute atomic E-state index is 13.6. The van der Waals surface area contributed by atoms with E-state index in [1.54, 1.807) is 36.4 Å². The summed E-state index contributed by atoms with van der Waals surface area (Å²) in [6.07, 6.45) is 1.47. The highest BCUT2D eigenvalue weighted by atomic mass is 35.5. The molecule has 0 aliphatic heterocycles. The van der Waals surface area contributed by atoms with Crippen LogP contribution in [0.2, 0.25) is 10.0 Å². The van der Waals surface area contributed by atoms with Crippen molar-refractivity contribution >= 4 is 46.3 Å². The van der Waals surface area contributed by atoms with Gasteiger partial charge in [0.25, 0.3) is 5.91 Å². The Morgan fingerprint density at radius 1 is 0.960 bits per heavy atom. The monoisotopic (exact) mass is 375 g/mol. The van der Waals surface area contributed by atoms with Gasteiger partial charge in [0, 0.05) is 5.69 Å². The molecule has 126 valence electrons. The van der Waals surface area contributed by atoms with Crippen molar-refractivity contribution in [2.45, 2.75) is 0 Å². The number of hydrogen-bond acceptors (Lipinski definition) is 3. The summed E-state index contributed by atoms with van der Waals surface area (Å²) in [5, 5.41) is 6.56. The SMILES string of the molecule is O=C(Nc1ccc(Nc2ccc(Cl)c(Cl)c2)nc1)c1ccccc1F. The third-order valence-corrected chi connectivity index (χ3v) is 4.07. The molecule has 0 bridgehead atoms. The molecule has 0 saturated heterocycles. The number of nitrogens with zero attached hydrogens (tertiary/aromatic N) is 1. The number of halogens is 3. The number of aromatic nitrogens is 1. The van der Waals surface area contributed by atoms with E-state index in [4.69, 9.17) is 23.2 Å². The summed E-state index contributed by atoms with van der Waals surface area (Å²) in [6, 6.07) is 14.2. The second-order valence-corrected chi connectivity index (χ2v) is 5.93. The molecule has 3 rings (SSSR count). The average molecular weight is 376 g/mol. The molecule has 0 spiro atoms. The van der Waals surface area contributed by atoms with Crippen LogP contribution >= 0.6 is 23.2 Å². The van der Waals surface area contributed by atoms with Gasteiger partial charge in [0.05, 0.1) is 27.5 Å². The van der Waals surface area contributed by atoms with Crippen molar-refractivity contribution in [2.75, 3.05) is 10.6 Å². The van der Waals surface area contributed by atoms with E-state index in [1.165, 1.54) is 24.4 Å². The molecule has 0 unspecified atom stereocenters. The molecular formula is C18H12Cl2FN3O. The second-order valence-electron chi connectivity index (χ2n) is 5.12. The van der Waals surface area contributed by atoms with Crippen molar-refractivity contribution in [2.24, 2.45) is 0 Å². The number of amides is 1. The Hall–Kier alpha value is -2.63. The molecule has 0 radical (unpaired) electrons. The Labute approximate surface area is 153 Å². The lowest BCUT2D eigenvalue weighted by Crippen LogP contribution is -2.13. The van der Waals surface area contributed by atoms with Gasteiger partial charge in [0.2, 0.25) is 0 Å². The smallest absolute Gasteiger partial charge is 0.258 e. The molecule has 0 atom stereocenters. The zero-order valence-electron chi connectivity index (χ0n) is 12.8. The van der Waals surface area contributed by atoms with Gasteiger partial charge in [0.15, 0.2) is 0 Å². The second kappa shape index (κ2) is 7.51. The number of benzene rings is 2. The summed E-state index contributed by atoms with van der Waals surface area (Å²) in [5.74, 6) is -0.557. The highest BCUT2D eigenvalue weighted by Crippen LogP contribution is 2.26. The predicted molar refractivity (Wildman–Crippen MR) is 98.3 cm³/mol. The van der Waals surface area contributed by atoms with E-state index in [0.717, 1.165) is 5.69 Å². The molecule has 1 amide bonds. The van der Waals surface area contributed by atoms with E-state index in [-0.39, 0.29) is 5.56 Å². The molecule has 1 heterocycles. The fourth-order valence-corrected chi connectivity index (χ4v) is 2.41. The molecule has 0 fully saturated rings. The lowest BCUT2D eigenvalue weighted by atomic mass is 10.2. The minimum absolute atomic E-state index is 0.0273. The van der Waals surface area contributed by atoms with Crippen LogP contribution in [0.25, 0.3) is 0 Å². The van der Waals surface area contributed by atoms with Crippen molar-refractivity contribution in [3.8, 4) is 0 Å².